The number of pyridine rings is 1. The SMILES string of the molecule is CCO/N=C(/C(=O)N[C@@H]1C(=O)N2C(C(=O)O)=C(Cc3c[nH][n+]4ccccc34)CS[C@H]12)c1nsc(N)n1. The van der Waals surface area contributed by atoms with Crippen molar-refractivity contribution in [2.45, 2.75) is 24.8 Å². The van der Waals surface area contributed by atoms with Crippen LogP contribution in [0, 0.1) is 0 Å². The number of aromatic nitrogens is 4. The topological polar surface area (TPSA) is 180 Å². The minimum absolute atomic E-state index is 0.0200. The normalized spacial score (nSPS) is 19.8. The Labute approximate surface area is 212 Å². The number of hydrogen-bond donors (Lipinski definition) is 4. The van der Waals surface area contributed by atoms with Gasteiger partial charge in [0.1, 0.15) is 23.7 Å². The summed E-state index contributed by atoms with van der Waals surface area (Å²) in [6, 6.07) is 4.77. The number of carbonyl (C=O) groups excluding carboxylic acids is 2. The zero-order valence-electron chi connectivity index (χ0n) is 18.9. The number of nitrogens with two attached hydrogens (primary N) is 1. The van der Waals surface area contributed by atoms with Gasteiger partial charge in [-0.05, 0) is 18.6 Å². The Morgan fingerprint density at radius 3 is 3.00 bits per heavy atom. The molecule has 15 heteroatoms. The van der Waals surface area contributed by atoms with Gasteiger partial charge in [0.15, 0.2) is 11.3 Å². The molecular weight excluding hydrogens is 508 g/mol. The number of aromatic amines is 1. The second-order valence-electron chi connectivity index (χ2n) is 7.86. The van der Waals surface area contributed by atoms with E-state index in [1.807, 2.05) is 35.1 Å². The highest BCUT2D eigenvalue weighted by atomic mass is 32.2. The third-order valence-corrected chi connectivity index (χ3v) is 7.54. The molecule has 2 amide bonds. The molecule has 36 heavy (non-hydrogen) atoms. The van der Waals surface area contributed by atoms with E-state index in [0.717, 1.165) is 22.6 Å². The number of H-pyrrole nitrogens is 1. The molecule has 2 aliphatic heterocycles. The Balaban J connectivity index is 1.37. The van der Waals surface area contributed by atoms with Crippen LogP contribution < -0.4 is 15.6 Å². The number of nitrogens with zero attached hydrogens (tertiary/aromatic N) is 5. The fourth-order valence-corrected chi connectivity index (χ4v) is 5.86. The third kappa shape index (κ3) is 4.15. The molecule has 0 spiro atoms. The lowest BCUT2D eigenvalue weighted by Gasteiger charge is -2.49. The number of carboxylic acids is 1. The van der Waals surface area contributed by atoms with Crippen molar-refractivity contribution in [3.63, 3.8) is 0 Å². The van der Waals surface area contributed by atoms with Gasteiger partial charge in [0.2, 0.25) is 17.1 Å². The molecule has 1 saturated heterocycles. The maximum Gasteiger partial charge on any atom is 0.352 e. The number of aliphatic carboxylic acids is 1. The van der Waals surface area contributed by atoms with E-state index in [-0.39, 0.29) is 29.0 Å². The molecule has 186 valence electrons. The number of rotatable bonds is 8. The largest absolute Gasteiger partial charge is 0.477 e. The second kappa shape index (κ2) is 9.58. The number of oxime groups is 1. The summed E-state index contributed by atoms with van der Waals surface area (Å²) in [4.78, 5) is 48.4. The molecule has 2 atom stereocenters. The van der Waals surface area contributed by atoms with Crippen molar-refractivity contribution in [1.82, 2.24) is 24.7 Å². The number of hydrogen-bond acceptors (Lipinski definition) is 10. The van der Waals surface area contributed by atoms with E-state index in [9.17, 15) is 19.5 Å². The van der Waals surface area contributed by atoms with E-state index in [0.29, 0.717) is 17.7 Å². The molecule has 5 rings (SSSR count). The van der Waals surface area contributed by atoms with E-state index in [1.165, 1.54) is 16.7 Å². The first-order valence-electron chi connectivity index (χ1n) is 10.9. The number of amides is 2. The number of fused-ring (bicyclic) bond motifs is 2. The van der Waals surface area contributed by atoms with Crippen LogP contribution in [0.4, 0.5) is 5.13 Å². The van der Waals surface area contributed by atoms with Gasteiger partial charge in [0.25, 0.3) is 11.8 Å². The summed E-state index contributed by atoms with van der Waals surface area (Å²) >= 11 is 2.28. The molecular formula is C21H21N8O5S2+. The maximum atomic E-state index is 13.1. The highest BCUT2D eigenvalue weighted by Crippen LogP contribution is 2.41. The molecule has 0 bridgehead atoms. The molecule has 5 heterocycles. The first kappa shape index (κ1) is 23.7. The van der Waals surface area contributed by atoms with Gasteiger partial charge in [-0.1, -0.05) is 9.67 Å². The number of anilines is 1. The van der Waals surface area contributed by atoms with E-state index in [1.54, 1.807) is 6.92 Å². The number of carbonyl (C=O) groups is 3. The van der Waals surface area contributed by atoms with Crippen molar-refractivity contribution in [3.05, 3.63) is 53.3 Å². The third-order valence-electron chi connectivity index (χ3n) is 5.66. The number of nitrogen functional groups attached to an aromatic ring is 1. The van der Waals surface area contributed by atoms with Crippen molar-refractivity contribution < 1.29 is 28.8 Å². The van der Waals surface area contributed by atoms with Gasteiger partial charge in [0.05, 0.1) is 11.8 Å². The van der Waals surface area contributed by atoms with Crippen LogP contribution in [-0.2, 0) is 25.6 Å². The Morgan fingerprint density at radius 1 is 1.44 bits per heavy atom. The molecule has 0 radical (unpaired) electrons. The van der Waals surface area contributed by atoms with Crippen LogP contribution in [0.3, 0.4) is 0 Å². The molecule has 0 unspecified atom stereocenters. The minimum Gasteiger partial charge on any atom is -0.477 e. The molecule has 0 aromatic carbocycles. The maximum absolute atomic E-state index is 13.1. The Kier molecular flexibility index (Phi) is 6.32. The monoisotopic (exact) mass is 529 g/mol. The predicted octanol–water partition coefficient (Wildman–Crippen LogP) is -0.0910. The van der Waals surface area contributed by atoms with Gasteiger partial charge in [-0.15, -0.1) is 11.8 Å². The Bertz CT molecular complexity index is 1430. The van der Waals surface area contributed by atoms with E-state index < -0.39 is 29.2 Å². The fraction of sp³-hybridized carbons (Fsp3) is 0.286. The molecule has 13 nitrogen and oxygen atoms in total. The fourth-order valence-electron chi connectivity index (χ4n) is 4.08. The smallest absolute Gasteiger partial charge is 0.352 e. The van der Waals surface area contributed by atoms with E-state index in [2.05, 4.69) is 24.9 Å². The molecule has 3 aromatic rings. The van der Waals surface area contributed by atoms with Crippen molar-refractivity contribution in [2.24, 2.45) is 5.16 Å². The van der Waals surface area contributed by atoms with Gasteiger partial charge >= 0.3 is 5.97 Å². The molecule has 0 aliphatic carbocycles. The molecule has 0 saturated carbocycles. The van der Waals surface area contributed by atoms with E-state index >= 15 is 0 Å². The Morgan fingerprint density at radius 2 is 2.28 bits per heavy atom. The number of thioether (sulfide) groups is 1. The predicted molar refractivity (Wildman–Crippen MR) is 130 cm³/mol. The first-order valence-corrected chi connectivity index (χ1v) is 12.7. The second-order valence-corrected chi connectivity index (χ2v) is 9.75. The zero-order chi connectivity index (χ0) is 25.4. The quantitative estimate of drug-likeness (QED) is 0.134. The van der Waals surface area contributed by atoms with Gasteiger partial charge in [-0.3, -0.25) is 14.5 Å². The average molecular weight is 530 g/mol. The standard InChI is InChI=1S/C21H20N8O5S2/c1-2-34-26-13(16-25-21(22)36-27-16)17(30)24-14-18(31)29-15(20(32)33)11(9-35-19(14)29)7-10-8-23-28-6-4-3-5-12(10)28/h3-6,8,14,19H,2,7,9H2,1H3,(H4,22,24,25,27,30,32,33)/p+1/b26-13+/t14-,19-/m1/s1. The lowest BCUT2D eigenvalue weighted by Crippen LogP contribution is -2.71. The molecule has 1 fully saturated rings. The number of carboxylic acid groups (broad SMARTS) is 1. The van der Waals surface area contributed by atoms with Crippen LogP contribution in [0.5, 0.6) is 0 Å². The molecule has 5 N–H and O–H groups in total. The van der Waals surface area contributed by atoms with Gasteiger partial charge < -0.3 is 21.0 Å². The summed E-state index contributed by atoms with van der Waals surface area (Å²) in [7, 11) is 0. The highest BCUT2D eigenvalue weighted by Gasteiger charge is 2.54. The summed E-state index contributed by atoms with van der Waals surface area (Å²) in [5, 5.41) is 19.1. The number of nitrogens with one attached hydrogen (secondary N) is 2. The van der Waals surface area contributed by atoms with Gasteiger partial charge in [0, 0.05) is 35.8 Å². The van der Waals surface area contributed by atoms with Crippen molar-refractivity contribution in [3.8, 4) is 0 Å². The summed E-state index contributed by atoms with van der Waals surface area (Å²) in [6.45, 7) is 1.90. The van der Waals surface area contributed by atoms with Crippen molar-refractivity contribution in [1.29, 1.82) is 0 Å². The molecule has 2 aliphatic rings. The van der Waals surface area contributed by atoms with Crippen molar-refractivity contribution in [2.75, 3.05) is 18.1 Å². The highest BCUT2D eigenvalue weighted by molar-refractivity contribution is 8.00. The summed E-state index contributed by atoms with van der Waals surface area (Å²) < 4.78 is 5.82. The average Bonchev–Trinajstić information content (AvgIpc) is 3.48. The van der Waals surface area contributed by atoms with E-state index in [4.69, 9.17) is 10.6 Å². The molecule has 3 aromatic heterocycles. The van der Waals surface area contributed by atoms with Gasteiger partial charge in [-0.25, -0.2) is 4.79 Å². The van der Waals surface area contributed by atoms with Crippen LogP contribution in [-0.4, -0.2) is 71.7 Å². The lowest BCUT2D eigenvalue weighted by atomic mass is 9.99. The van der Waals surface area contributed by atoms with Crippen LogP contribution in [0.25, 0.3) is 5.52 Å². The minimum atomic E-state index is -1.19. The summed E-state index contributed by atoms with van der Waals surface area (Å²) in [6.07, 6.45) is 4.04. The first-order chi connectivity index (χ1) is 17.4. The van der Waals surface area contributed by atoms with Crippen LogP contribution in [0.2, 0.25) is 0 Å². The van der Waals surface area contributed by atoms with Gasteiger partial charge in [-0.2, -0.15) is 14.5 Å². The number of β-lactam (4-membered cyclic amide) rings is 1. The van der Waals surface area contributed by atoms with Crippen LogP contribution in [0.15, 0.2) is 47.0 Å². The zero-order valence-corrected chi connectivity index (χ0v) is 20.5. The van der Waals surface area contributed by atoms with Crippen LogP contribution >= 0.6 is 23.3 Å². The van der Waals surface area contributed by atoms with Crippen molar-refractivity contribution >= 4 is 57.4 Å². The van der Waals surface area contributed by atoms with Crippen LogP contribution in [0.1, 0.15) is 18.3 Å². The summed E-state index contributed by atoms with van der Waals surface area (Å²) in [5.41, 5.74) is 7.79. The lowest BCUT2D eigenvalue weighted by molar-refractivity contribution is -0.576. The Hall–Kier alpha value is -3.98. The summed E-state index contributed by atoms with van der Waals surface area (Å²) in [5.74, 6) is -2.07.